The van der Waals surface area contributed by atoms with Gasteiger partial charge < -0.3 is 9.84 Å². The minimum atomic E-state index is -1.75. The summed E-state index contributed by atoms with van der Waals surface area (Å²) in [5, 5.41) is 8.54. The van der Waals surface area contributed by atoms with Crippen molar-refractivity contribution in [3.05, 3.63) is 30.3 Å². The van der Waals surface area contributed by atoms with Crippen LogP contribution in [0.15, 0.2) is 30.3 Å². The molecule has 73 valence electrons. The Bertz CT molecular complexity index is 322. The van der Waals surface area contributed by atoms with Gasteiger partial charge >= 0.3 is 5.97 Å². The smallest absolute Gasteiger partial charge is 0.355 e. The van der Waals surface area contributed by atoms with Gasteiger partial charge in [-0.3, -0.25) is 10.5 Å². The van der Waals surface area contributed by atoms with Crippen LogP contribution in [0.3, 0.4) is 0 Å². The molecule has 1 unspecified atom stereocenters. The molecule has 0 spiro atoms. The quantitative estimate of drug-likeness (QED) is 0.699. The van der Waals surface area contributed by atoms with Crippen LogP contribution in [-0.2, 0) is 9.59 Å². The SMILES string of the molecule is [NH]C(=O)C(Oc1ccccc1)C(=O)O. The Morgan fingerprint density at radius 2 is 1.86 bits per heavy atom. The summed E-state index contributed by atoms with van der Waals surface area (Å²) in [5.41, 5.74) is 6.67. The van der Waals surface area contributed by atoms with Crippen LogP contribution in [-0.4, -0.2) is 23.1 Å². The minimum Gasteiger partial charge on any atom is -0.478 e. The second-order valence-electron chi connectivity index (χ2n) is 2.51. The van der Waals surface area contributed by atoms with Crippen LogP contribution >= 0.6 is 0 Å². The molecule has 0 fully saturated rings. The topological polar surface area (TPSA) is 87.4 Å². The first-order valence-electron chi connectivity index (χ1n) is 3.81. The highest BCUT2D eigenvalue weighted by Gasteiger charge is 2.26. The maximum atomic E-state index is 10.6. The second kappa shape index (κ2) is 4.27. The van der Waals surface area contributed by atoms with Crippen LogP contribution in [0.1, 0.15) is 0 Å². The summed E-state index contributed by atoms with van der Waals surface area (Å²) in [5.74, 6) is -2.49. The van der Waals surface area contributed by atoms with E-state index in [9.17, 15) is 9.59 Å². The van der Waals surface area contributed by atoms with Gasteiger partial charge in [-0.05, 0) is 12.1 Å². The molecule has 1 aromatic carbocycles. The molecule has 0 aliphatic rings. The van der Waals surface area contributed by atoms with Gasteiger partial charge in [0.15, 0.2) is 0 Å². The van der Waals surface area contributed by atoms with E-state index in [0.717, 1.165) is 0 Å². The summed E-state index contributed by atoms with van der Waals surface area (Å²) in [4.78, 5) is 21.0. The first-order valence-corrected chi connectivity index (χ1v) is 3.81. The lowest BCUT2D eigenvalue weighted by Crippen LogP contribution is -2.36. The summed E-state index contributed by atoms with van der Waals surface area (Å²) in [6, 6.07) is 8.04. The van der Waals surface area contributed by atoms with Crippen molar-refractivity contribution in [1.82, 2.24) is 5.73 Å². The Balaban J connectivity index is 2.75. The molecule has 0 aliphatic carbocycles. The van der Waals surface area contributed by atoms with E-state index in [2.05, 4.69) is 0 Å². The van der Waals surface area contributed by atoms with E-state index >= 15 is 0 Å². The summed E-state index contributed by atoms with van der Waals surface area (Å²) >= 11 is 0. The highest BCUT2D eigenvalue weighted by Crippen LogP contribution is 2.10. The molecule has 14 heavy (non-hydrogen) atoms. The maximum Gasteiger partial charge on any atom is 0.355 e. The normalized spacial score (nSPS) is 11.7. The number of rotatable bonds is 4. The molecule has 1 amide bonds. The fraction of sp³-hybridized carbons (Fsp3) is 0.111. The van der Waals surface area contributed by atoms with Crippen molar-refractivity contribution in [2.24, 2.45) is 0 Å². The molecule has 1 rings (SSSR count). The molecule has 0 saturated heterocycles. The monoisotopic (exact) mass is 194 g/mol. The summed E-state index contributed by atoms with van der Waals surface area (Å²) in [6.07, 6.45) is -1.75. The molecule has 1 aromatic rings. The van der Waals surface area contributed by atoms with Crippen molar-refractivity contribution in [2.45, 2.75) is 6.10 Å². The lowest BCUT2D eigenvalue weighted by atomic mass is 10.3. The standard InChI is InChI=1S/C9H8NO4/c10-8(11)7(9(12)13)14-6-4-2-1-3-5-6/h1-5,7,10H,(H,12,13). The van der Waals surface area contributed by atoms with Gasteiger partial charge in [-0.25, -0.2) is 4.79 Å². The third-order valence-corrected chi connectivity index (χ3v) is 1.46. The third kappa shape index (κ3) is 2.48. The first-order chi connectivity index (χ1) is 6.61. The van der Waals surface area contributed by atoms with Crippen LogP contribution in [0.25, 0.3) is 0 Å². The van der Waals surface area contributed by atoms with Crippen LogP contribution in [0.5, 0.6) is 5.75 Å². The predicted octanol–water partition coefficient (Wildman–Crippen LogP) is 0.328. The van der Waals surface area contributed by atoms with Gasteiger partial charge in [0.25, 0.3) is 12.0 Å². The zero-order valence-corrected chi connectivity index (χ0v) is 7.14. The molecule has 0 heterocycles. The van der Waals surface area contributed by atoms with Crippen LogP contribution in [0, 0.1) is 0 Å². The van der Waals surface area contributed by atoms with Crippen LogP contribution < -0.4 is 10.5 Å². The molecule has 0 aromatic heterocycles. The number of nitrogens with one attached hydrogen (secondary N) is 1. The number of carbonyl (C=O) groups is 2. The van der Waals surface area contributed by atoms with Crippen molar-refractivity contribution in [1.29, 1.82) is 0 Å². The van der Waals surface area contributed by atoms with Gasteiger partial charge in [-0.1, -0.05) is 18.2 Å². The van der Waals surface area contributed by atoms with Gasteiger partial charge in [-0.15, -0.1) is 0 Å². The van der Waals surface area contributed by atoms with E-state index in [4.69, 9.17) is 15.6 Å². The Hall–Kier alpha value is -2.04. The number of carboxylic acids is 1. The number of amides is 1. The molecule has 0 bridgehead atoms. The van der Waals surface area contributed by atoms with E-state index in [1.165, 1.54) is 12.1 Å². The van der Waals surface area contributed by atoms with Crippen molar-refractivity contribution in [2.75, 3.05) is 0 Å². The molecule has 1 radical (unpaired) electrons. The number of para-hydroxylation sites is 1. The second-order valence-corrected chi connectivity index (χ2v) is 2.51. The van der Waals surface area contributed by atoms with Crippen LogP contribution in [0.2, 0.25) is 0 Å². The summed E-state index contributed by atoms with van der Waals surface area (Å²) < 4.78 is 4.80. The van der Waals surface area contributed by atoms with Gasteiger partial charge in [0, 0.05) is 0 Å². The average molecular weight is 194 g/mol. The maximum absolute atomic E-state index is 10.6. The van der Waals surface area contributed by atoms with Crippen molar-refractivity contribution < 1.29 is 19.4 Å². The number of carboxylic acid groups (broad SMARTS) is 1. The first kappa shape index (κ1) is 10.0. The predicted molar refractivity (Wildman–Crippen MR) is 46.6 cm³/mol. The van der Waals surface area contributed by atoms with Gasteiger partial charge in [0.2, 0.25) is 0 Å². The Morgan fingerprint density at radius 1 is 1.29 bits per heavy atom. The van der Waals surface area contributed by atoms with Gasteiger partial charge in [0.1, 0.15) is 5.75 Å². The number of benzene rings is 1. The van der Waals surface area contributed by atoms with Crippen LogP contribution in [0.4, 0.5) is 0 Å². The minimum absolute atomic E-state index is 0.250. The van der Waals surface area contributed by atoms with E-state index in [1.807, 2.05) is 0 Å². The zero-order valence-electron chi connectivity index (χ0n) is 7.14. The summed E-state index contributed by atoms with van der Waals surface area (Å²) in [6.45, 7) is 0. The Morgan fingerprint density at radius 3 is 2.29 bits per heavy atom. The molecular formula is C9H8NO4. The lowest BCUT2D eigenvalue weighted by Gasteiger charge is -2.10. The Labute approximate surface area is 80.1 Å². The number of ether oxygens (including phenoxy) is 1. The van der Waals surface area contributed by atoms with Crippen molar-refractivity contribution in [3.63, 3.8) is 0 Å². The third-order valence-electron chi connectivity index (χ3n) is 1.46. The molecule has 0 saturated carbocycles. The van der Waals surface area contributed by atoms with Gasteiger partial charge in [-0.2, -0.15) is 0 Å². The summed E-state index contributed by atoms with van der Waals surface area (Å²) in [7, 11) is 0. The molecule has 0 aliphatic heterocycles. The van der Waals surface area contributed by atoms with Gasteiger partial charge in [0.05, 0.1) is 0 Å². The number of hydrogen-bond donors (Lipinski definition) is 1. The average Bonchev–Trinajstić information content (AvgIpc) is 2.15. The lowest BCUT2D eigenvalue weighted by molar-refractivity contribution is -0.150. The number of carbonyl (C=O) groups excluding carboxylic acids is 1. The molecule has 2 N–H and O–H groups in total. The fourth-order valence-corrected chi connectivity index (χ4v) is 0.851. The Kier molecular flexibility index (Phi) is 3.06. The fourth-order valence-electron chi connectivity index (χ4n) is 0.851. The number of hydrogen-bond acceptors (Lipinski definition) is 3. The highest BCUT2D eigenvalue weighted by atomic mass is 16.5. The van der Waals surface area contributed by atoms with E-state index < -0.39 is 18.0 Å². The zero-order chi connectivity index (χ0) is 10.6. The van der Waals surface area contributed by atoms with E-state index in [1.54, 1.807) is 18.2 Å². The number of aliphatic carboxylic acids is 1. The van der Waals surface area contributed by atoms with Crippen molar-refractivity contribution >= 4 is 11.9 Å². The molecular weight excluding hydrogens is 186 g/mol. The van der Waals surface area contributed by atoms with E-state index in [0.29, 0.717) is 0 Å². The molecule has 5 nitrogen and oxygen atoms in total. The largest absolute Gasteiger partial charge is 0.478 e. The van der Waals surface area contributed by atoms with E-state index in [-0.39, 0.29) is 5.75 Å². The highest BCUT2D eigenvalue weighted by molar-refractivity contribution is 5.99. The molecule has 1 atom stereocenters. The molecule has 5 heteroatoms. The van der Waals surface area contributed by atoms with Crippen molar-refractivity contribution in [3.8, 4) is 5.75 Å².